The van der Waals surface area contributed by atoms with Gasteiger partial charge in [0.05, 0.1) is 11.2 Å². The number of amides is 1. The summed E-state index contributed by atoms with van der Waals surface area (Å²) in [4.78, 5) is 19.1. The maximum absolute atomic E-state index is 11.9. The maximum Gasteiger partial charge on any atom is 0.272 e. The number of nitrogens with zero attached hydrogens (tertiary/aromatic N) is 2. The van der Waals surface area contributed by atoms with E-state index < -0.39 is 5.54 Å². The zero-order valence-electron chi connectivity index (χ0n) is 9.66. The van der Waals surface area contributed by atoms with E-state index in [9.17, 15) is 4.79 Å². The van der Waals surface area contributed by atoms with E-state index in [0.29, 0.717) is 11.5 Å². The van der Waals surface area contributed by atoms with Crippen LogP contribution in [0.3, 0.4) is 0 Å². The lowest BCUT2D eigenvalue weighted by molar-refractivity contribution is -0.123. The SMILES string of the molecule is [C-]#[N+]c1ncc(NC(=O)C2(N)CCC2)cc1C. The molecule has 0 bridgehead atoms. The van der Waals surface area contributed by atoms with Crippen LogP contribution in [0.25, 0.3) is 4.85 Å². The maximum atomic E-state index is 11.9. The van der Waals surface area contributed by atoms with E-state index >= 15 is 0 Å². The fourth-order valence-corrected chi connectivity index (χ4v) is 1.79. The third-order valence-corrected chi connectivity index (χ3v) is 3.11. The molecule has 0 spiro atoms. The van der Waals surface area contributed by atoms with Gasteiger partial charge in [-0.3, -0.25) is 4.79 Å². The average molecular weight is 230 g/mol. The molecule has 1 saturated carbocycles. The number of pyridine rings is 1. The first-order chi connectivity index (χ1) is 8.05. The van der Waals surface area contributed by atoms with E-state index in [2.05, 4.69) is 15.1 Å². The summed E-state index contributed by atoms with van der Waals surface area (Å²) in [5, 5.41) is 2.75. The summed E-state index contributed by atoms with van der Waals surface area (Å²) >= 11 is 0. The molecule has 0 aliphatic heterocycles. The van der Waals surface area contributed by atoms with Crippen molar-refractivity contribution in [3.63, 3.8) is 0 Å². The van der Waals surface area contributed by atoms with E-state index in [1.165, 1.54) is 6.20 Å². The first-order valence-electron chi connectivity index (χ1n) is 5.49. The van der Waals surface area contributed by atoms with Gasteiger partial charge in [-0.05, 0) is 37.8 Å². The lowest BCUT2D eigenvalue weighted by Gasteiger charge is -2.36. The molecule has 1 aliphatic carbocycles. The smallest absolute Gasteiger partial charge is 0.272 e. The van der Waals surface area contributed by atoms with Crippen molar-refractivity contribution in [3.8, 4) is 0 Å². The lowest BCUT2D eigenvalue weighted by atomic mass is 9.77. The van der Waals surface area contributed by atoms with Gasteiger partial charge >= 0.3 is 0 Å². The number of hydrogen-bond acceptors (Lipinski definition) is 3. The molecule has 1 amide bonds. The molecule has 1 heterocycles. The topological polar surface area (TPSA) is 72.4 Å². The Morgan fingerprint density at radius 3 is 2.82 bits per heavy atom. The highest BCUT2D eigenvalue weighted by Crippen LogP contribution is 2.30. The molecule has 1 aliphatic rings. The zero-order valence-corrected chi connectivity index (χ0v) is 9.66. The molecule has 5 nitrogen and oxygen atoms in total. The molecule has 0 saturated heterocycles. The summed E-state index contributed by atoms with van der Waals surface area (Å²) < 4.78 is 0. The molecule has 17 heavy (non-hydrogen) atoms. The van der Waals surface area contributed by atoms with Crippen LogP contribution in [-0.2, 0) is 4.79 Å². The zero-order chi connectivity index (χ0) is 12.5. The van der Waals surface area contributed by atoms with Crippen molar-refractivity contribution < 1.29 is 4.79 Å². The van der Waals surface area contributed by atoms with Gasteiger partial charge in [-0.15, -0.1) is 4.98 Å². The van der Waals surface area contributed by atoms with Gasteiger partial charge in [0.2, 0.25) is 5.91 Å². The van der Waals surface area contributed by atoms with Crippen LogP contribution >= 0.6 is 0 Å². The number of aromatic nitrogens is 1. The summed E-state index contributed by atoms with van der Waals surface area (Å²) in [5.41, 5.74) is 6.53. The Hall–Kier alpha value is -1.93. The predicted octanol–water partition coefficient (Wildman–Crippen LogP) is 1.76. The molecule has 2 rings (SSSR count). The highest BCUT2D eigenvalue weighted by Gasteiger charge is 2.40. The number of aryl methyl sites for hydroxylation is 1. The molecule has 1 fully saturated rings. The van der Waals surface area contributed by atoms with Crippen molar-refractivity contribution >= 4 is 17.4 Å². The molecular weight excluding hydrogens is 216 g/mol. The van der Waals surface area contributed by atoms with Gasteiger partial charge in [0.1, 0.15) is 6.20 Å². The van der Waals surface area contributed by atoms with Crippen LogP contribution in [0.2, 0.25) is 0 Å². The number of rotatable bonds is 2. The summed E-state index contributed by atoms with van der Waals surface area (Å²) in [5.74, 6) is 0.189. The summed E-state index contributed by atoms with van der Waals surface area (Å²) in [6, 6.07) is 1.74. The first kappa shape index (κ1) is 11.6. The van der Waals surface area contributed by atoms with Crippen LogP contribution in [0, 0.1) is 13.5 Å². The molecular formula is C12H14N4O. The molecule has 5 heteroatoms. The van der Waals surface area contributed by atoms with Crippen molar-refractivity contribution in [2.24, 2.45) is 5.73 Å². The molecule has 0 unspecified atom stereocenters. The minimum absolute atomic E-state index is 0.166. The van der Waals surface area contributed by atoms with Gasteiger partial charge in [-0.25, -0.2) is 0 Å². The van der Waals surface area contributed by atoms with Crippen LogP contribution in [0.4, 0.5) is 11.5 Å². The Kier molecular flexibility index (Phi) is 2.82. The third kappa shape index (κ3) is 2.12. The van der Waals surface area contributed by atoms with Gasteiger partial charge in [-0.2, -0.15) is 0 Å². The van der Waals surface area contributed by atoms with E-state index in [1.807, 2.05) is 0 Å². The number of nitrogens with two attached hydrogens (primary N) is 1. The summed E-state index contributed by atoms with van der Waals surface area (Å²) in [6.45, 7) is 8.68. The average Bonchev–Trinajstić information content (AvgIpc) is 2.26. The van der Waals surface area contributed by atoms with Gasteiger partial charge in [0, 0.05) is 0 Å². The second-order valence-corrected chi connectivity index (χ2v) is 4.44. The fraction of sp³-hybridized carbons (Fsp3) is 0.417. The standard InChI is InChI=1S/C12H14N4O/c1-8-6-9(7-15-10(8)14-2)16-11(17)12(13)4-3-5-12/h6-7H,3-5,13H2,1H3,(H,16,17). The summed E-state index contributed by atoms with van der Waals surface area (Å²) in [7, 11) is 0. The number of carbonyl (C=O) groups is 1. The lowest BCUT2D eigenvalue weighted by Crippen LogP contribution is -2.56. The van der Waals surface area contributed by atoms with Gasteiger partial charge < -0.3 is 15.9 Å². The summed E-state index contributed by atoms with van der Waals surface area (Å²) in [6.07, 6.45) is 3.94. The minimum atomic E-state index is -0.716. The minimum Gasteiger partial charge on any atom is -0.360 e. The fourth-order valence-electron chi connectivity index (χ4n) is 1.79. The number of hydrogen-bond donors (Lipinski definition) is 2. The van der Waals surface area contributed by atoms with E-state index in [0.717, 1.165) is 24.8 Å². The van der Waals surface area contributed by atoms with Gasteiger partial charge in [-0.1, -0.05) is 6.57 Å². The van der Waals surface area contributed by atoms with Crippen LogP contribution in [0.5, 0.6) is 0 Å². The van der Waals surface area contributed by atoms with E-state index in [-0.39, 0.29) is 5.91 Å². The molecule has 3 N–H and O–H groups in total. The molecule has 0 radical (unpaired) electrons. The number of carbonyl (C=O) groups excluding carboxylic acids is 1. The molecule has 1 aromatic heterocycles. The Morgan fingerprint density at radius 1 is 1.65 bits per heavy atom. The second kappa shape index (κ2) is 4.15. The highest BCUT2D eigenvalue weighted by atomic mass is 16.2. The monoisotopic (exact) mass is 230 g/mol. The molecule has 88 valence electrons. The van der Waals surface area contributed by atoms with Crippen molar-refractivity contribution in [1.29, 1.82) is 0 Å². The van der Waals surface area contributed by atoms with Crippen LogP contribution in [0.15, 0.2) is 12.3 Å². The van der Waals surface area contributed by atoms with Crippen LogP contribution in [-0.4, -0.2) is 16.4 Å². The molecule has 0 aromatic carbocycles. The van der Waals surface area contributed by atoms with Crippen LogP contribution in [0.1, 0.15) is 24.8 Å². The number of nitrogens with one attached hydrogen (secondary N) is 1. The van der Waals surface area contributed by atoms with Crippen molar-refractivity contribution in [2.45, 2.75) is 31.7 Å². The highest BCUT2D eigenvalue weighted by molar-refractivity contribution is 5.98. The van der Waals surface area contributed by atoms with E-state index in [4.69, 9.17) is 12.3 Å². The van der Waals surface area contributed by atoms with Crippen molar-refractivity contribution in [1.82, 2.24) is 4.98 Å². The largest absolute Gasteiger partial charge is 0.360 e. The Bertz CT molecular complexity index is 500. The van der Waals surface area contributed by atoms with Gasteiger partial charge in [0.15, 0.2) is 0 Å². The predicted molar refractivity (Wildman–Crippen MR) is 64.6 cm³/mol. The Morgan fingerprint density at radius 2 is 2.35 bits per heavy atom. The second-order valence-electron chi connectivity index (χ2n) is 4.44. The number of anilines is 1. The first-order valence-corrected chi connectivity index (χ1v) is 5.49. The van der Waals surface area contributed by atoms with E-state index in [1.54, 1.807) is 13.0 Å². The quantitative estimate of drug-likeness (QED) is 0.760. The Labute approximate surface area is 99.9 Å². The Balaban J connectivity index is 2.12. The van der Waals surface area contributed by atoms with Crippen molar-refractivity contribution in [2.75, 3.05) is 5.32 Å². The van der Waals surface area contributed by atoms with Crippen LogP contribution < -0.4 is 11.1 Å². The normalized spacial score (nSPS) is 16.8. The van der Waals surface area contributed by atoms with Gasteiger partial charge in [0.25, 0.3) is 5.82 Å². The third-order valence-electron chi connectivity index (χ3n) is 3.11. The molecule has 0 atom stereocenters. The van der Waals surface area contributed by atoms with Crippen molar-refractivity contribution in [3.05, 3.63) is 29.2 Å². The molecule has 1 aromatic rings.